The van der Waals surface area contributed by atoms with E-state index in [4.69, 9.17) is 9.47 Å². The molecule has 1 heterocycles. The Morgan fingerprint density at radius 2 is 1.75 bits per heavy atom. The molecule has 0 saturated carbocycles. The van der Waals surface area contributed by atoms with Crippen LogP contribution in [0.3, 0.4) is 0 Å². The molecule has 0 fully saturated rings. The molecular formula is C20H21NO3. The lowest BCUT2D eigenvalue weighted by Crippen LogP contribution is -2.40. The summed E-state index contributed by atoms with van der Waals surface area (Å²) in [4.78, 5) is 14.4. The summed E-state index contributed by atoms with van der Waals surface area (Å²) in [5, 5.41) is 0. The Labute approximate surface area is 142 Å². The average Bonchev–Trinajstić information content (AvgIpc) is 2.61. The molecule has 0 aliphatic carbocycles. The molecule has 0 bridgehead atoms. The molecule has 3 rings (SSSR count). The van der Waals surface area contributed by atoms with Crippen LogP contribution in [0.2, 0.25) is 0 Å². The Hall–Kier alpha value is -2.75. The van der Waals surface area contributed by atoms with Gasteiger partial charge >= 0.3 is 0 Å². The SMILES string of the molecule is COc1ccc([C@H](C)N2C(=O)C=C(C)OC2c2ccccc2)cc1. The van der Waals surface area contributed by atoms with Crippen molar-refractivity contribution in [3.63, 3.8) is 0 Å². The van der Waals surface area contributed by atoms with E-state index in [1.165, 1.54) is 0 Å². The van der Waals surface area contributed by atoms with E-state index in [9.17, 15) is 4.79 Å². The molecule has 24 heavy (non-hydrogen) atoms. The van der Waals surface area contributed by atoms with Crippen molar-refractivity contribution >= 4 is 5.91 Å². The number of hydrogen-bond donors (Lipinski definition) is 0. The highest BCUT2D eigenvalue weighted by Gasteiger charge is 2.34. The Balaban J connectivity index is 1.96. The summed E-state index contributed by atoms with van der Waals surface area (Å²) in [7, 11) is 1.64. The molecule has 0 aromatic heterocycles. The zero-order valence-corrected chi connectivity index (χ0v) is 14.1. The highest BCUT2D eigenvalue weighted by Crippen LogP contribution is 2.36. The Bertz CT molecular complexity index is 737. The van der Waals surface area contributed by atoms with Crippen LogP contribution in [0, 0.1) is 0 Å². The maximum Gasteiger partial charge on any atom is 0.253 e. The van der Waals surface area contributed by atoms with Crippen molar-refractivity contribution in [2.75, 3.05) is 7.11 Å². The normalized spacial score (nSPS) is 18.6. The first-order chi connectivity index (χ1) is 11.6. The largest absolute Gasteiger partial charge is 0.497 e. The van der Waals surface area contributed by atoms with Gasteiger partial charge in [-0.2, -0.15) is 0 Å². The number of hydrogen-bond acceptors (Lipinski definition) is 3. The van der Waals surface area contributed by atoms with Gasteiger partial charge in [-0.05, 0) is 31.5 Å². The third-order valence-electron chi connectivity index (χ3n) is 4.23. The van der Waals surface area contributed by atoms with Gasteiger partial charge in [0, 0.05) is 11.6 Å². The molecule has 2 aromatic rings. The van der Waals surface area contributed by atoms with Crippen molar-refractivity contribution in [2.45, 2.75) is 26.1 Å². The standard InChI is InChI=1S/C20H21NO3/c1-14-13-19(22)21(20(24-14)17-7-5-4-6-8-17)15(2)16-9-11-18(23-3)12-10-16/h4-13,15,20H,1-3H3/t15-,20?/m0/s1. The fourth-order valence-corrected chi connectivity index (χ4v) is 2.91. The van der Waals surface area contributed by atoms with Crippen molar-refractivity contribution in [1.82, 2.24) is 4.90 Å². The van der Waals surface area contributed by atoms with Gasteiger partial charge in [0.15, 0.2) is 0 Å². The maximum atomic E-state index is 12.7. The summed E-state index contributed by atoms with van der Waals surface area (Å²) >= 11 is 0. The lowest BCUT2D eigenvalue weighted by molar-refractivity contribution is -0.147. The summed E-state index contributed by atoms with van der Waals surface area (Å²) in [6.07, 6.45) is 1.11. The first kappa shape index (κ1) is 16.1. The number of rotatable bonds is 4. The van der Waals surface area contributed by atoms with E-state index in [-0.39, 0.29) is 11.9 Å². The number of allylic oxidation sites excluding steroid dienone is 1. The van der Waals surface area contributed by atoms with Gasteiger partial charge in [0.25, 0.3) is 5.91 Å². The number of methoxy groups -OCH3 is 1. The van der Waals surface area contributed by atoms with Crippen LogP contribution in [0.15, 0.2) is 66.4 Å². The van der Waals surface area contributed by atoms with E-state index in [2.05, 4.69) is 0 Å². The van der Waals surface area contributed by atoms with Crippen LogP contribution >= 0.6 is 0 Å². The van der Waals surface area contributed by atoms with Gasteiger partial charge in [-0.15, -0.1) is 0 Å². The number of nitrogens with zero attached hydrogens (tertiary/aromatic N) is 1. The monoisotopic (exact) mass is 323 g/mol. The first-order valence-electron chi connectivity index (χ1n) is 7.96. The van der Waals surface area contributed by atoms with Crippen LogP contribution in [-0.2, 0) is 9.53 Å². The average molecular weight is 323 g/mol. The van der Waals surface area contributed by atoms with E-state index in [1.807, 2.05) is 68.4 Å². The van der Waals surface area contributed by atoms with Crippen molar-refractivity contribution in [3.8, 4) is 5.75 Å². The third kappa shape index (κ3) is 3.13. The van der Waals surface area contributed by atoms with Crippen LogP contribution in [0.5, 0.6) is 5.75 Å². The molecule has 124 valence electrons. The summed E-state index contributed by atoms with van der Waals surface area (Å²) in [5.41, 5.74) is 1.99. The van der Waals surface area contributed by atoms with Crippen LogP contribution in [-0.4, -0.2) is 17.9 Å². The summed E-state index contributed by atoms with van der Waals surface area (Å²) in [5.74, 6) is 1.38. The lowest BCUT2D eigenvalue weighted by Gasteiger charge is -2.39. The minimum absolute atomic E-state index is 0.0454. The van der Waals surface area contributed by atoms with Crippen molar-refractivity contribution < 1.29 is 14.3 Å². The second kappa shape index (κ2) is 6.79. The van der Waals surface area contributed by atoms with Gasteiger partial charge in [-0.3, -0.25) is 9.69 Å². The van der Waals surface area contributed by atoms with Crippen LogP contribution in [0.1, 0.15) is 37.2 Å². The molecule has 2 atom stereocenters. The molecule has 1 unspecified atom stereocenters. The Morgan fingerprint density at radius 1 is 1.08 bits per heavy atom. The predicted molar refractivity (Wildman–Crippen MR) is 92.3 cm³/mol. The number of amides is 1. The fraction of sp³-hybridized carbons (Fsp3) is 0.250. The molecule has 0 spiro atoms. The molecule has 0 radical (unpaired) electrons. The van der Waals surface area contributed by atoms with Gasteiger partial charge in [-0.25, -0.2) is 0 Å². The van der Waals surface area contributed by atoms with Gasteiger partial charge in [0.2, 0.25) is 6.23 Å². The lowest BCUT2D eigenvalue weighted by atomic mass is 10.0. The van der Waals surface area contributed by atoms with Crippen LogP contribution in [0.25, 0.3) is 0 Å². The van der Waals surface area contributed by atoms with E-state index in [1.54, 1.807) is 18.1 Å². The number of ether oxygens (including phenoxy) is 2. The van der Waals surface area contributed by atoms with Crippen molar-refractivity contribution in [2.24, 2.45) is 0 Å². The minimum Gasteiger partial charge on any atom is -0.497 e. The van der Waals surface area contributed by atoms with Crippen LogP contribution in [0.4, 0.5) is 0 Å². The summed E-state index contributed by atoms with van der Waals surface area (Å²) in [6, 6.07) is 17.4. The maximum absolute atomic E-state index is 12.7. The third-order valence-corrected chi connectivity index (χ3v) is 4.23. The topological polar surface area (TPSA) is 38.8 Å². The highest BCUT2D eigenvalue weighted by atomic mass is 16.5. The van der Waals surface area contributed by atoms with Gasteiger partial charge in [-0.1, -0.05) is 42.5 Å². The summed E-state index contributed by atoms with van der Waals surface area (Å²) in [6.45, 7) is 3.82. The second-order valence-corrected chi connectivity index (χ2v) is 5.83. The zero-order chi connectivity index (χ0) is 17.1. The van der Waals surface area contributed by atoms with Gasteiger partial charge in [0.1, 0.15) is 11.5 Å². The van der Waals surface area contributed by atoms with E-state index >= 15 is 0 Å². The molecule has 4 nitrogen and oxygen atoms in total. The minimum atomic E-state index is -0.430. The first-order valence-corrected chi connectivity index (χ1v) is 7.96. The molecule has 2 aromatic carbocycles. The van der Waals surface area contributed by atoms with Gasteiger partial charge in [0.05, 0.1) is 13.2 Å². The number of carbonyl (C=O) groups excluding carboxylic acids is 1. The molecule has 4 heteroatoms. The van der Waals surface area contributed by atoms with E-state index < -0.39 is 6.23 Å². The molecule has 1 aliphatic rings. The van der Waals surface area contributed by atoms with Crippen molar-refractivity contribution in [3.05, 3.63) is 77.6 Å². The highest BCUT2D eigenvalue weighted by molar-refractivity contribution is 5.89. The molecule has 1 amide bonds. The van der Waals surface area contributed by atoms with Gasteiger partial charge < -0.3 is 9.47 Å². The predicted octanol–water partition coefficient (Wildman–Crippen LogP) is 4.22. The molecular weight excluding hydrogens is 302 g/mol. The quantitative estimate of drug-likeness (QED) is 0.846. The van der Waals surface area contributed by atoms with Crippen molar-refractivity contribution in [1.29, 1.82) is 0 Å². The molecule has 1 aliphatic heterocycles. The van der Waals surface area contributed by atoms with E-state index in [0.29, 0.717) is 5.76 Å². The molecule has 0 saturated heterocycles. The Kier molecular flexibility index (Phi) is 4.56. The fourth-order valence-electron chi connectivity index (χ4n) is 2.91. The number of carbonyl (C=O) groups is 1. The molecule has 0 N–H and O–H groups in total. The smallest absolute Gasteiger partial charge is 0.253 e. The zero-order valence-electron chi connectivity index (χ0n) is 14.1. The Morgan fingerprint density at radius 3 is 2.38 bits per heavy atom. The second-order valence-electron chi connectivity index (χ2n) is 5.83. The van der Waals surface area contributed by atoms with Crippen LogP contribution < -0.4 is 4.74 Å². The summed E-state index contributed by atoms with van der Waals surface area (Å²) < 4.78 is 11.2. The number of benzene rings is 2. The van der Waals surface area contributed by atoms with E-state index in [0.717, 1.165) is 16.9 Å².